The first-order valence-electron chi connectivity index (χ1n) is 6.01. The predicted molar refractivity (Wildman–Crippen MR) is 77.2 cm³/mol. The number of hydrogen-bond acceptors (Lipinski definition) is 9. The number of aliphatic hydroxyl groups is 2. The molecule has 0 spiro atoms. The summed E-state index contributed by atoms with van der Waals surface area (Å²) in [6.07, 6.45) is -0.348. The van der Waals surface area contributed by atoms with Gasteiger partial charge in [0, 0.05) is 6.54 Å². The number of phosphoric ester groups is 1. The third kappa shape index (κ3) is 24.4. The maximum atomic E-state index is 10.2. The summed E-state index contributed by atoms with van der Waals surface area (Å²) in [6.45, 7) is -0.850. The molecule has 0 aliphatic rings. The van der Waals surface area contributed by atoms with Crippen LogP contribution in [0.1, 0.15) is 12.8 Å². The average molecular weight is 384 g/mol. The standard InChI is InChI=1S/C6H14N4O2.C3H9O6P.Ca/c7-4(5(11)12)2-1-3-10-6(8)9;4-1-3(5)2-9-10(6,7)8;/h4H,1-3,7H2,(H,11,12)(H4,8,9,10);3-5H,1-2H2,(H2,6,7,8);/q;;+2/p-2/t4-;;/m0../s1. The Morgan fingerprint density at radius 2 is 1.96 bits per heavy atom. The second-order valence-corrected chi connectivity index (χ2v) is 5.16. The Kier molecular flexibility index (Phi) is 18.8. The molecule has 0 amide bonds. The van der Waals surface area contributed by atoms with Crippen molar-refractivity contribution in [3.05, 3.63) is 0 Å². The zero-order valence-corrected chi connectivity index (χ0v) is 15.5. The molecule has 0 aromatic heterocycles. The normalized spacial score (nSPS) is 12.9. The molecule has 1 unspecified atom stereocenters. The third-order valence-electron chi connectivity index (χ3n) is 1.96. The number of aliphatic carboxylic acids is 1. The first kappa shape index (κ1) is 27.8. The largest absolute Gasteiger partial charge is 2.00 e. The summed E-state index contributed by atoms with van der Waals surface area (Å²) >= 11 is 0. The summed E-state index contributed by atoms with van der Waals surface area (Å²) in [6, 6.07) is -0.821. The molecule has 0 fully saturated rings. The second kappa shape index (κ2) is 15.5. The van der Waals surface area contributed by atoms with Crippen LogP contribution in [0.15, 0.2) is 0 Å². The fourth-order valence-corrected chi connectivity index (χ4v) is 1.25. The monoisotopic (exact) mass is 384 g/mol. The summed E-state index contributed by atoms with van der Waals surface area (Å²) in [7, 11) is -5.00. The van der Waals surface area contributed by atoms with Crippen molar-refractivity contribution in [2.24, 2.45) is 11.5 Å². The van der Waals surface area contributed by atoms with E-state index in [0.29, 0.717) is 19.4 Å². The van der Waals surface area contributed by atoms with Gasteiger partial charge in [-0.05, 0) is 12.8 Å². The zero-order valence-electron chi connectivity index (χ0n) is 12.4. The number of hydrogen-bond donors (Lipinski definition) is 7. The minimum Gasteiger partial charge on any atom is -0.790 e. The molecule has 0 aromatic carbocycles. The fourth-order valence-electron chi connectivity index (χ4n) is 0.899. The molecule has 0 saturated heterocycles. The molecule has 12 nitrogen and oxygen atoms in total. The second-order valence-electron chi connectivity index (χ2n) is 4.01. The number of aliphatic hydroxyl groups excluding tert-OH is 2. The first-order chi connectivity index (χ1) is 9.99. The SMILES string of the molecule is N=C(N)NCCC[C@H](N)C(=O)O.O=P([O-])([O-])OCC(O)CO.[Ca+2]. The molecular weight excluding hydrogens is 363 g/mol. The van der Waals surface area contributed by atoms with E-state index < -0.39 is 39.2 Å². The molecule has 0 rings (SSSR count). The van der Waals surface area contributed by atoms with Gasteiger partial charge in [-0.15, -0.1) is 0 Å². The molecule has 0 radical (unpaired) electrons. The average Bonchev–Trinajstić information content (AvgIpc) is 2.40. The molecule has 0 aliphatic carbocycles. The number of rotatable bonds is 9. The van der Waals surface area contributed by atoms with Crippen molar-refractivity contribution in [3.8, 4) is 0 Å². The van der Waals surface area contributed by atoms with Crippen molar-refractivity contribution in [1.82, 2.24) is 5.32 Å². The van der Waals surface area contributed by atoms with E-state index in [2.05, 4.69) is 9.84 Å². The topological polar surface area (TPSA) is 238 Å². The van der Waals surface area contributed by atoms with Crippen molar-refractivity contribution in [3.63, 3.8) is 0 Å². The fraction of sp³-hybridized carbons (Fsp3) is 0.778. The predicted octanol–water partition coefficient (Wildman–Crippen LogP) is -4.53. The van der Waals surface area contributed by atoms with Gasteiger partial charge in [-0.25, -0.2) is 0 Å². The Morgan fingerprint density at radius 3 is 2.30 bits per heavy atom. The quantitative estimate of drug-likeness (QED) is 0.0656. The number of nitrogens with one attached hydrogen (secondary N) is 2. The van der Waals surface area contributed by atoms with Gasteiger partial charge in [0.2, 0.25) is 0 Å². The molecule has 0 saturated carbocycles. The Labute approximate surface area is 162 Å². The number of phosphoric acid groups is 1. The van der Waals surface area contributed by atoms with Gasteiger partial charge >= 0.3 is 43.7 Å². The Balaban J connectivity index is -0.000000338. The Morgan fingerprint density at radius 1 is 1.43 bits per heavy atom. The van der Waals surface area contributed by atoms with E-state index in [-0.39, 0.29) is 43.7 Å². The van der Waals surface area contributed by atoms with Crippen molar-refractivity contribution < 1.29 is 39.0 Å². The van der Waals surface area contributed by atoms with Gasteiger partial charge in [0.25, 0.3) is 0 Å². The van der Waals surface area contributed by atoms with Gasteiger partial charge in [-0.2, -0.15) is 0 Å². The van der Waals surface area contributed by atoms with E-state index in [1.165, 1.54) is 0 Å². The van der Waals surface area contributed by atoms with Crippen molar-refractivity contribution in [2.45, 2.75) is 25.0 Å². The summed E-state index contributed by atoms with van der Waals surface area (Å²) in [4.78, 5) is 29.6. The van der Waals surface area contributed by atoms with Crippen LogP contribution in [0.3, 0.4) is 0 Å². The van der Waals surface area contributed by atoms with Gasteiger partial charge in [-0.1, -0.05) is 0 Å². The van der Waals surface area contributed by atoms with Crippen molar-refractivity contribution in [2.75, 3.05) is 19.8 Å². The van der Waals surface area contributed by atoms with Gasteiger partial charge in [-0.3, -0.25) is 10.2 Å². The molecule has 9 N–H and O–H groups in total. The summed E-state index contributed by atoms with van der Waals surface area (Å²) in [5.74, 6) is -1.11. The minimum absolute atomic E-state index is 0. The Bertz CT molecular complexity index is 383. The molecule has 2 atom stereocenters. The minimum atomic E-state index is -5.00. The van der Waals surface area contributed by atoms with E-state index in [9.17, 15) is 19.1 Å². The van der Waals surface area contributed by atoms with Gasteiger partial charge in [0.05, 0.1) is 21.0 Å². The van der Waals surface area contributed by atoms with Crippen LogP contribution in [0.5, 0.6) is 0 Å². The summed E-state index contributed by atoms with van der Waals surface area (Å²) in [5, 5.41) is 34.3. The van der Waals surface area contributed by atoms with Crippen LogP contribution in [0.25, 0.3) is 0 Å². The van der Waals surface area contributed by atoms with E-state index in [0.717, 1.165) is 0 Å². The van der Waals surface area contributed by atoms with Crippen LogP contribution in [-0.2, 0) is 13.9 Å². The van der Waals surface area contributed by atoms with E-state index in [4.69, 9.17) is 32.2 Å². The van der Waals surface area contributed by atoms with Crippen molar-refractivity contribution in [1.29, 1.82) is 5.41 Å². The number of carbonyl (C=O) groups is 1. The number of nitrogens with two attached hydrogens (primary N) is 2. The first-order valence-corrected chi connectivity index (χ1v) is 7.47. The van der Waals surface area contributed by atoms with E-state index in [1.54, 1.807) is 0 Å². The molecule has 0 bridgehead atoms. The number of carboxylic acids is 1. The van der Waals surface area contributed by atoms with Crippen LogP contribution < -0.4 is 26.6 Å². The van der Waals surface area contributed by atoms with E-state index >= 15 is 0 Å². The number of guanidine groups is 1. The van der Waals surface area contributed by atoms with Gasteiger partial charge in [0.15, 0.2) is 5.96 Å². The summed E-state index contributed by atoms with van der Waals surface area (Å²) in [5.41, 5.74) is 10.2. The van der Waals surface area contributed by atoms with Crippen LogP contribution in [0.4, 0.5) is 0 Å². The molecule has 0 heterocycles. The Hall–Kier alpha value is -0.0103. The molecule has 23 heavy (non-hydrogen) atoms. The zero-order chi connectivity index (χ0) is 17.8. The van der Waals surface area contributed by atoms with Crippen molar-refractivity contribution >= 4 is 57.5 Å². The maximum Gasteiger partial charge on any atom is 2.00 e. The van der Waals surface area contributed by atoms with Gasteiger partial charge in [0.1, 0.15) is 12.1 Å². The van der Waals surface area contributed by atoms with Crippen LogP contribution in [-0.4, -0.2) is 96.9 Å². The molecular formula is C9H21CaN4O8P. The van der Waals surface area contributed by atoms with E-state index in [1.807, 2.05) is 0 Å². The molecule has 0 aromatic rings. The third-order valence-corrected chi connectivity index (χ3v) is 2.43. The molecule has 0 aliphatic heterocycles. The summed E-state index contributed by atoms with van der Waals surface area (Å²) < 4.78 is 13.3. The smallest absolute Gasteiger partial charge is 0.790 e. The van der Waals surface area contributed by atoms with Crippen LogP contribution in [0.2, 0.25) is 0 Å². The molecule has 14 heteroatoms. The van der Waals surface area contributed by atoms with Crippen LogP contribution >= 0.6 is 7.82 Å². The number of carboxylic acid groups (broad SMARTS) is 1. The maximum absolute atomic E-state index is 10.2. The van der Waals surface area contributed by atoms with Gasteiger partial charge < -0.3 is 51.0 Å². The molecule has 132 valence electrons. The van der Waals surface area contributed by atoms with Crippen LogP contribution in [0, 0.1) is 5.41 Å².